The van der Waals surface area contributed by atoms with Gasteiger partial charge in [0.2, 0.25) is 5.96 Å². The maximum atomic E-state index is 14.2. The summed E-state index contributed by atoms with van der Waals surface area (Å²) >= 11 is 0. The van der Waals surface area contributed by atoms with Crippen molar-refractivity contribution >= 4 is 23.4 Å². The van der Waals surface area contributed by atoms with Gasteiger partial charge in [0.25, 0.3) is 5.91 Å². The summed E-state index contributed by atoms with van der Waals surface area (Å²) < 4.78 is 52.5. The molecule has 0 unspecified atom stereocenters. The fourth-order valence-corrected chi connectivity index (χ4v) is 3.74. The van der Waals surface area contributed by atoms with Crippen LogP contribution in [0.1, 0.15) is 53.6 Å². The molecule has 4 rings (SSSR count). The van der Waals surface area contributed by atoms with Crippen molar-refractivity contribution in [3.05, 3.63) is 65.0 Å². The number of amides is 1. The minimum Gasteiger partial charge on any atom is -0.508 e. The van der Waals surface area contributed by atoms with Gasteiger partial charge in [0, 0.05) is 17.2 Å². The number of hydrazone groups is 1. The van der Waals surface area contributed by atoms with Crippen LogP contribution in [0.3, 0.4) is 0 Å². The second-order valence-electron chi connectivity index (χ2n) is 7.99. The molecule has 11 heteroatoms. The number of carbonyl (C=O) groups excluding carboxylic acids is 1. The lowest BCUT2D eigenvalue weighted by atomic mass is 10.1. The molecule has 0 spiro atoms. The van der Waals surface area contributed by atoms with Crippen LogP contribution in [0.4, 0.5) is 17.6 Å². The number of alkyl halides is 3. The Balaban J connectivity index is 1.52. The van der Waals surface area contributed by atoms with E-state index in [4.69, 9.17) is 0 Å². The molecule has 1 heterocycles. The SMILES string of the molecule is O=C(NC(N=C1CC(c2ccc(O)cc2F)=NN1)=NC1CCCC1)c1ccc(C(F)(F)F)cc1. The molecule has 7 nitrogen and oxygen atoms in total. The lowest BCUT2D eigenvalue weighted by Crippen LogP contribution is -2.32. The van der Waals surface area contributed by atoms with E-state index in [1.54, 1.807) is 0 Å². The fourth-order valence-electron chi connectivity index (χ4n) is 3.74. The standard InChI is InChI=1S/C23H21F4N5O2/c24-18-11-16(33)9-10-17(18)19-12-20(32-31-19)29-22(28-15-3-1-2-4-15)30-21(34)13-5-7-14(8-6-13)23(25,26)27/h5-11,15,33H,1-4,12H2,(H2,28,29,30,32,34). The Morgan fingerprint density at radius 1 is 1.12 bits per heavy atom. The van der Waals surface area contributed by atoms with Crippen LogP contribution >= 0.6 is 0 Å². The monoisotopic (exact) mass is 475 g/mol. The fraction of sp³-hybridized carbons (Fsp3) is 0.304. The van der Waals surface area contributed by atoms with Crippen molar-refractivity contribution in [3.8, 4) is 5.75 Å². The lowest BCUT2D eigenvalue weighted by Gasteiger charge is -2.10. The molecule has 1 amide bonds. The number of phenolic OH excluding ortho intramolecular Hbond substituents is 1. The number of nitrogens with zero attached hydrogens (tertiary/aromatic N) is 3. The molecule has 1 aliphatic heterocycles. The molecule has 0 radical (unpaired) electrons. The molecule has 2 aromatic rings. The predicted molar refractivity (Wildman–Crippen MR) is 118 cm³/mol. The van der Waals surface area contributed by atoms with E-state index in [0.29, 0.717) is 11.5 Å². The first-order valence-corrected chi connectivity index (χ1v) is 10.6. The zero-order chi connectivity index (χ0) is 24.3. The van der Waals surface area contributed by atoms with Gasteiger partial charge in [-0.3, -0.25) is 15.5 Å². The van der Waals surface area contributed by atoms with Gasteiger partial charge in [0.05, 0.1) is 23.7 Å². The van der Waals surface area contributed by atoms with Crippen molar-refractivity contribution in [2.45, 2.75) is 44.3 Å². The average Bonchev–Trinajstić information content (AvgIpc) is 3.45. The van der Waals surface area contributed by atoms with Crippen LogP contribution in [0.2, 0.25) is 0 Å². The molecule has 0 bridgehead atoms. The second kappa shape index (κ2) is 9.62. The molecular formula is C23H21F4N5O2. The number of phenols is 1. The Morgan fingerprint density at radius 3 is 2.47 bits per heavy atom. The maximum absolute atomic E-state index is 14.2. The van der Waals surface area contributed by atoms with Crippen LogP contribution in [-0.2, 0) is 6.18 Å². The number of amidine groups is 1. The van der Waals surface area contributed by atoms with Crippen LogP contribution in [0.25, 0.3) is 0 Å². The summed E-state index contributed by atoms with van der Waals surface area (Å²) in [5.74, 6) is -1.19. The van der Waals surface area contributed by atoms with Gasteiger partial charge in [-0.1, -0.05) is 12.8 Å². The number of hydrogen-bond donors (Lipinski definition) is 3. The summed E-state index contributed by atoms with van der Waals surface area (Å²) in [6.07, 6.45) is -0.718. The van der Waals surface area contributed by atoms with Crippen molar-refractivity contribution in [2.24, 2.45) is 15.1 Å². The number of aliphatic imine (C=N–C) groups is 2. The third kappa shape index (κ3) is 5.59. The molecule has 0 saturated heterocycles. The molecule has 2 aliphatic rings. The van der Waals surface area contributed by atoms with E-state index < -0.39 is 23.5 Å². The van der Waals surface area contributed by atoms with Crippen molar-refractivity contribution in [1.29, 1.82) is 0 Å². The number of nitrogens with one attached hydrogen (secondary N) is 2. The number of guanidine groups is 1. The van der Waals surface area contributed by atoms with E-state index in [0.717, 1.165) is 56.0 Å². The van der Waals surface area contributed by atoms with Gasteiger partial charge in [-0.15, -0.1) is 0 Å². The van der Waals surface area contributed by atoms with Gasteiger partial charge in [-0.2, -0.15) is 23.3 Å². The first-order valence-electron chi connectivity index (χ1n) is 10.6. The van der Waals surface area contributed by atoms with Crippen molar-refractivity contribution in [3.63, 3.8) is 0 Å². The zero-order valence-electron chi connectivity index (χ0n) is 17.9. The van der Waals surface area contributed by atoms with Gasteiger partial charge in [0.1, 0.15) is 17.4 Å². The van der Waals surface area contributed by atoms with Gasteiger partial charge < -0.3 is 5.11 Å². The third-order valence-corrected chi connectivity index (χ3v) is 5.49. The molecule has 178 valence electrons. The van der Waals surface area contributed by atoms with E-state index in [9.17, 15) is 27.5 Å². The number of halogens is 4. The summed E-state index contributed by atoms with van der Waals surface area (Å²) in [4.78, 5) is 21.5. The summed E-state index contributed by atoms with van der Waals surface area (Å²) in [6, 6.07) is 7.51. The van der Waals surface area contributed by atoms with Crippen LogP contribution in [0.15, 0.2) is 57.6 Å². The second-order valence-corrected chi connectivity index (χ2v) is 7.99. The first kappa shape index (κ1) is 23.4. The molecule has 1 saturated carbocycles. The van der Waals surface area contributed by atoms with E-state index in [1.807, 2.05) is 0 Å². The van der Waals surface area contributed by atoms with Crippen LogP contribution < -0.4 is 10.7 Å². The van der Waals surface area contributed by atoms with Gasteiger partial charge in [-0.25, -0.2) is 9.38 Å². The van der Waals surface area contributed by atoms with Crippen LogP contribution in [-0.4, -0.2) is 34.6 Å². The Hall–Kier alpha value is -3.76. The van der Waals surface area contributed by atoms with Crippen molar-refractivity contribution < 1.29 is 27.5 Å². The van der Waals surface area contributed by atoms with Crippen molar-refractivity contribution in [1.82, 2.24) is 10.7 Å². The highest BCUT2D eigenvalue weighted by molar-refractivity contribution is 6.18. The first-order chi connectivity index (χ1) is 16.2. The predicted octanol–water partition coefficient (Wildman–Crippen LogP) is 4.37. The highest BCUT2D eigenvalue weighted by Crippen LogP contribution is 2.29. The molecule has 3 N–H and O–H groups in total. The lowest BCUT2D eigenvalue weighted by molar-refractivity contribution is -0.137. The molecule has 0 atom stereocenters. The minimum absolute atomic E-state index is 0.00178. The molecule has 1 aliphatic carbocycles. The smallest absolute Gasteiger partial charge is 0.416 e. The summed E-state index contributed by atoms with van der Waals surface area (Å²) in [6.45, 7) is 0. The Labute approximate surface area is 192 Å². The number of aromatic hydroxyl groups is 1. The Kier molecular flexibility index (Phi) is 6.62. The number of hydrogen-bond acceptors (Lipinski definition) is 4. The average molecular weight is 475 g/mol. The number of benzene rings is 2. The van der Waals surface area contributed by atoms with E-state index in [2.05, 4.69) is 25.8 Å². The summed E-state index contributed by atoms with van der Waals surface area (Å²) in [5.41, 5.74) is 2.40. The zero-order valence-corrected chi connectivity index (χ0v) is 17.9. The van der Waals surface area contributed by atoms with E-state index >= 15 is 0 Å². The van der Waals surface area contributed by atoms with Gasteiger partial charge >= 0.3 is 6.18 Å². The summed E-state index contributed by atoms with van der Waals surface area (Å²) in [7, 11) is 0. The molecule has 1 fully saturated rings. The van der Waals surface area contributed by atoms with Gasteiger partial charge in [0.15, 0.2) is 0 Å². The third-order valence-electron chi connectivity index (χ3n) is 5.49. The van der Waals surface area contributed by atoms with Crippen LogP contribution in [0.5, 0.6) is 5.75 Å². The highest BCUT2D eigenvalue weighted by Gasteiger charge is 2.30. The molecule has 34 heavy (non-hydrogen) atoms. The molecular weight excluding hydrogens is 454 g/mol. The quantitative estimate of drug-likeness (QED) is 0.349. The van der Waals surface area contributed by atoms with E-state index in [1.165, 1.54) is 12.1 Å². The normalized spacial score (nSPS) is 18.2. The topological polar surface area (TPSA) is 98.4 Å². The molecule has 2 aromatic carbocycles. The van der Waals surface area contributed by atoms with E-state index in [-0.39, 0.29) is 35.3 Å². The highest BCUT2D eigenvalue weighted by atomic mass is 19.4. The minimum atomic E-state index is -4.50. The van der Waals surface area contributed by atoms with Crippen molar-refractivity contribution in [2.75, 3.05) is 0 Å². The molecule has 0 aromatic heterocycles. The number of rotatable bonds is 3. The maximum Gasteiger partial charge on any atom is 0.416 e. The van der Waals surface area contributed by atoms with Gasteiger partial charge in [-0.05, 0) is 49.2 Å². The number of carbonyl (C=O) groups is 1. The summed E-state index contributed by atoms with van der Waals surface area (Å²) in [5, 5.41) is 16.0. The Morgan fingerprint density at radius 2 is 1.82 bits per heavy atom. The Bertz CT molecular complexity index is 1170. The van der Waals surface area contributed by atoms with Crippen LogP contribution in [0, 0.1) is 5.82 Å². The largest absolute Gasteiger partial charge is 0.508 e.